The van der Waals surface area contributed by atoms with Crippen LogP contribution in [-0.4, -0.2) is 26.3 Å². The summed E-state index contributed by atoms with van der Waals surface area (Å²) in [6, 6.07) is 4.50. The zero-order valence-corrected chi connectivity index (χ0v) is 11.4. The summed E-state index contributed by atoms with van der Waals surface area (Å²) < 4.78 is 15.1. The summed E-state index contributed by atoms with van der Waals surface area (Å²) in [7, 11) is 0. The Balaban J connectivity index is 2.17. The Morgan fingerprint density at radius 1 is 1.35 bits per heavy atom. The van der Waals surface area contributed by atoms with Crippen LogP contribution in [0.15, 0.2) is 30.7 Å². The summed E-state index contributed by atoms with van der Waals surface area (Å²) in [5.74, 6) is 0.215. The molecule has 0 radical (unpaired) electrons. The fraction of sp³-hybridized carbons (Fsp3) is 0.154. The molecule has 0 saturated carbocycles. The van der Waals surface area contributed by atoms with Crippen molar-refractivity contribution in [2.45, 2.75) is 6.92 Å². The smallest absolute Gasteiger partial charge is 0.168 e. The van der Waals surface area contributed by atoms with Crippen LogP contribution in [0.1, 0.15) is 6.92 Å². The Morgan fingerprint density at radius 3 is 2.95 bits per heavy atom. The summed E-state index contributed by atoms with van der Waals surface area (Å²) in [4.78, 5) is 8.37. The number of aromatic nitrogens is 4. The third-order valence-corrected chi connectivity index (χ3v) is 3.16. The van der Waals surface area contributed by atoms with E-state index in [4.69, 9.17) is 11.6 Å². The van der Waals surface area contributed by atoms with E-state index in [9.17, 15) is 4.39 Å². The Bertz CT molecular complexity index is 771. The molecule has 0 atom stereocenters. The van der Waals surface area contributed by atoms with Crippen LogP contribution in [-0.2, 0) is 0 Å². The highest BCUT2D eigenvalue weighted by Gasteiger charge is 2.11. The first-order valence-electron chi connectivity index (χ1n) is 6.08. The Hall–Kier alpha value is -2.21. The molecule has 3 aromatic rings. The average Bonchev–Trinajstić information content (AvgIpc) is 2.87. The lowest BCUT2D eigenvalue weighted by Crippen LogP contribution is -2.02. The summed E-state index contributed by atoms with van der Waals surface area (Å²) in [5, 5.41) is 8.24. The highest BCUT2D eigenvalue weighted by Crippen LogP contribution is 2.23. The molecule has 0 spiro atoms. The molecule has 0 aliphatic heterocycles. The Labute approximate surface area is 119 Å². The lowest BCUT2D eigenvalue weighted by Gasteiger charge is -2.05. The van der Waals surface area contributed by atoms with E-state index >= 15 is 0 Å². The van der Waals surface area contributed by atoms with Gasteiger partial charge in [-0.25, -0.2) is 19.0 Å². The van der Waals surface area contributed by atoms with Gasteiger partial charge in [0.2, 0.25) is 0 Å². The van der Waals surface area contributed by atoms with Gasteiger partial charge in [0, 0.05) is 12.6 Å². The van der Waals surface area contributed by atoms with Crippen LogP contribution in [0.3, 0.4) is 0 Å². The van der Waals surface area contributed by atoms with Gasteiger partial charge in [-0.2, -0.15) is 5.10 Å². The highest BCUT2D eigenvalue weighted by atomic mass is 35.5. The van der Waals surface area contributed by atoms with Crippen molar-refractivity contribution in [2.75, 3.05) is 11.9 Å². The van der Waals surface area contributed by atoms with Gasteiger partial charge in [0.25, 0.3) is 0 Å². The third kappa shape index (κ3) is 2.08. The van der Waals surface area contributed by atoms with E-state index in [-0.39, 0.29) is 5.02 Å². The second kappa shape index (κ2) is 5.05. The number of rotatable bonds is 3. The molecule has 0 aliphatic rings. The number of hydrogen-bond donors (Lipinski definition) is 1. The molecular weight excluding hydrogens is 281 g/mol. The molecule has 20 heavy (non-hydrogen) atoms. The van der Waals surface area contributed by atoms with Gasteiger partial charge in [-0.1, -0.05) is 11.6 Å². The first-order valence-corrected chi connectivity index (χ1v) is 6.46. The minimum Gasteiger partial charge on any atom is -0.370 e. The van der Waals surface area contributed by atoms with Crippen molar-refractivity contribution in [3.8, 4) is 5.69 Å². The number of fused-ring (bicyclic) bond motifs is 1. The van der Waals surface area contributed by atoms with Gasteiger partial charge < -0.3 is 5.32 Å². The minimum absolute atomic E-state index is 0.0770. The van der Waals surface area contributed by atoms with Crippen molar-refractivity contribution in [1.82, 2.24) is 19.7 Å². The highest BCUT2D eigenvalue weighted by molar-refractivity contribution is 6.30. The van der Waals surface area contributed by atoms with Gasteiger partial charge in [0.1, 0.15) is 18.0 Å². The Morgan fingerprint density at radius 2 is 2.20 bits per heavy atom. The second-order valence-electron chi connectivity index (χ2n) is 4.14. The molecule has 5 nitrogen and oxygen atoms in total. The van der Waals surface area contributed by atoms with Gasteiger partial charge in [0.05, 0.1) is 22.3 Å². The van der Waals surface area contributed by atoms with Crippen molar-refractivity contribution in [2.24, 2.45) is 0 Å². The van der Waals surface area contributed by atoms with Crippen LogP contribution < -0.4 is 5.32 Å². The number of benzene rings is 1. The van der Waals surface area contributed by atoms with Gasteiger partial charge in [0.15, 0.2) is 5.65 Å². The van der Waals surface area contributed by atoms with E-state index < -0.39 is 5.82 Å². The van der Waals surface area contributed by atoms with Crippen molar-refractivity contribution in [3.05, 3.63) is 41.6 Å². The predicted molar refractivity (Wildman–Crippen MR) is 75.8 cm³/mol. The van der Waals surface area contributed by atoms with Gasteiger partial charge >= 0.3 is 0 Å². The van der Waals surface area contributed by atoms with E-state index in [1.54, 1.807) is 16.9 Å². The summed E-state index contributed by atoms with van der Waals surface area (Å²) in [5.41, 5.74) is 1.17. The normalized spacial score (nSPS) is 10.9. The topological polar surface area (TPSA) is 55.6 Å². The summed E-state index contributed by atoms with van der Waals surface area (Å²) in [6.07, 6.45) is 3.10. The van der Waals surface area contributed by atoms with Crippen molar-refractivity contribution in [1.29, 1.82) is 0 Å². The van der Waals surface area contributed by atoms with Crippen molar-refractivity contribution in [3.63, 3.8) is 0 Å². The molecule has 1 N–H and O–H groups in total. The van der Waals surface area contributed by atoms with Crippen LogP contribution in [0.5, 0.6) is 0 Å². The van der Waals surface area contributed by atoms with E-state index in [1.165, 1.54) is 18.5 Å². The van der Waals surface area contributed by atoms with Gasteiger partial charge in [-0.3, -0.25) is 0 Å². The lowest BCUT2D eigenvalue weighted by molar-refractivity contribution is 0.626. The molecule has 0 amide bonds. The van der Waals surface area contributed by atoms with Gasteiger partial charge in [-0.05, 0) is 19.1 Å². The molecule has 0 aliphatic carbocycles. The van der Waals surface area contributed by atoms with E-state index in [0.717, 1.165) is 11.9 Å². The number of hydrogen-bond acceptors (Lipinski definition) is 4. The largest absolute Gasteiger partial charge is 0.370 e. The van der Waals surface area contributed by atoms with Crippen LogP contribution in [0.25, 0.3) is 16.7 Å². The SMILES string of the molecule is CCNc1ncnc2c1cnn2-c1ccc(Cl)c(F)c1. The standard InChI is InChI=1S/C13H11ClFN5/c1-2-16-12-9-6-19-20(13(9)18-7-17-12)8-3-4-10(14)11(15)5-8/h3-7H,2H2,1H3,(H,16,17,18). The second-order valence-corrected chi connectivity index (χ2v) is 4.55. The van der Waals surface area contributed by atoms with Crippen LogP contribution in [0.4, 0.5) is 10.2 Å². The molecule has 2 heterocycles. The molecule has 1 aromatic carbocycles. The first kappa shape index (κ1) is 12.8. The summed E-state index contributed by atoms with van der Waals surface area (Å²) in [6.45, 7) is 2.72. The fourth-order valence-corrected chi connectivity index (χ4v) is 2.08. The zero-order valence-electron chi connectivity index (χ0n) is 10.6. The molecule has 0 unspecified atom stereocenters. The van der Waals surface area contributed by atoms with Crippen molar-refractivity contribution < 1.29 is 4.39 Å². The average molecular weight is 292 g/mol. The monoisotopic (exact) mass is 291 g/mol. The molecule has 3 rings (SSSR count). The molecule has 2 aromatic heterocycles. The predicted octanol–water partition coefficient (Wildman–Crippen LogP) is 3.04. The van der Waals surface area contributed by atoms with Crippen LogP contribution in [0, 0.1) is 5.82 Å². The van der Waals surface area contributed by atoms with Gasteiger partial charge in [-0.15, -0.1) is 0 Å². The maximum absolute atomic E-state index is 13.6. The molecule has 0 saturated heterocycles. The number of anilines is 1. The zero-order chi connectivity index (χ0) is 14.1. The molecule has 102 valence electrons. The summed E-state index contributed by atoms with van der Waals surface area (Å²) >= 11 is 5.69. The maximum Gasteiger partial charge on any atom is 0.168 e. The lowest BCUT2D eigenvalue weighted by atomic mass is 10.3. The quantitative estimate of drug-likeness (QED) is 0.806. The van der Waals surface area contributed by atoms with E-state index in [2.05, 4.69) is 20.4 Å². The van der Waals surface area contributed by atoms with Crippen LogP contribution >= 0.6 is 11.6 Å². The van der Waals surface area contributed by atoms with E-state index in [0.29, 0.717) is 17.2 Å². The van der Waals surface area contributed by atoms with Crippen molar-refractivity contribution >= 4 is 28.5 Å². The number of nitrogens with zero attached hydrogens (tertiary/aromatic N) is 4. The van der Waals surface area contributed by atoms with E-state index in [1.807, 2.05) is 6.92 Å². The molecule has 0 fully saturated rings. The number of nitrogens with one attached hydrogen (secondary N) is 1. The minimum atomic E-state index is -0.492. The molecule has 7 heteroatoms. The van der Waals surface area contributed by atoms with Crippen LogP contribution in [0.2, 0.25) is 5.02 Å². The number of halogens is 2. The Kier molecular flexibility index (Phi) is 3.23. The maximum atomic E-state index is 13.6. The fourth-order valence-electron chi connectivity index (χ4n) is 1.96. The molecule has 0 bridgehead atoms. The third-order valence-electron chi connectivity index (χ3n) is 2.86. The first-order chi connectivity index (χ1) is 9.70. The molecular formula is C13H11ClFN5.